The van der Waals surface area contributed by atoms with Crippen molar-refractivity contribution in [3.8, 4) is 0 Å². The molecule has 2 rings (SSSR count). The molecule has 2 aromatic rings. The largest absolute Gasteiger partial charge is 0.129 e. The van der Waals surface area contributed by atoms with Crippen molar-refractivity contribution in [3.05, 3.63) is 60.7 Å². The zero-order valence-electron chi connectivity index (χ0n) is 13.1. The Bertz CT molecular complexity index is 466. The summed E-state index contributed by atoms with van der Waals surface area (Å²) >= 11 is 0. The van der Waals surface area contributed by atoms with Crippen LogP contribution in [0.5, 0.6) is 0 Å². The summed E-state index contributed by atoms with van der Waals surface area (Å²) in [5.41, 5.74) is 0. The molecule has 2 aromatic carbocycles. The second kappa shape index (κ2) is 8.67. The normalized spacial score (nSPS) is 12.8. The van der Waals surface area contributed by atoms with Crippen molar-refractivity contribution >= 4 is 27.8 Å². The lowest BCUT2D eigenvalue weighted by molar-refractivity contribution is 0.473. The molecule has 2 atom stereocenters. The van der Waals surface area contributed by atoms with E-state index in [1.54, 1.807) is 0 Å². The second-order valence-electron chi connectivity index (χ2n) is 5.53. The molecule has 0 aromatic heterocycles. The minimum absolute atomic E-state index is 0.293. The fourth-order valence-corrected chi connectivity index (χ4v) is 6.76. The van der Waals surface area contributed by atoms with Crippen LogP contribution in [0.15, 0.2) is 60.7 Å². The van der Waals surface area contributed by atoms with Crippen LogP contribution < -0.4 is 10.6 Å². The molecule has 0 saturated heterocycles. The predicted molar refractivity (Wildman–Crippen MR) is 101 cm³/mol. The summed E-state index contributed by atoms with van der Waals surface area (Å²) in [5.74, 6) is 0.838. The minimum Gasteiger partial charge on any atom is -0.129 e. The van der Waals surface area contributed by atoms with E-state index in [0.717, 1.165) is 5.92 Å². The molecule has 0 heterocycles. The lowest BCUT2D eigenvalue weighted by Crippen LogP contribution is -2.20. The molecule has 2 heteroatoms. The average molecular weight is 316 g/mol. The molecule has 0 amide bonds. The highest BCUT2D eigenvalue weighted by Gasteiger charge is 2.22. The molecule has 0 bridgehead atoms. The third kappa shape index (κ3) is 4.64. The van der Waals surface area contributed by atoms with Crippen LogP contribution in [0.1, 0.15) is 33.1 Å². The van der Waals surface area contributed by atoms with E-state index in [0.29, 0.717) is 5.40 Å². The fourth-order valence-electron chi connectivity index (χ4n) is 2.78. The zero-order chi connectivity index (χ0) is 15.1. The van der Waals surface area contributed by atoms with Crippen molar-refractivity contribution in [2.45, 2.75) is 38.5 Å². The molecular formula is C19H26P2. The van der Waals surface area contributed by atoms with Gasteiger partial charge in [-0.3, -0.25) is 0 Å². The third-order valence-electron chi connectivity index (χ3n) is 4.13. The van der Waals surface area contributed by atoms with Crippen LogP contribution >= 0.6 is 17.2 Å². The summed E-state index contributed by atoms with van der Waals surface area (Å²) in [6, 6.07) is 22.1. The Labute approximate surface area is 133 Å². The van der Waals surface area contributed by atoms with Gasteiger partial charge in [-0.25, -0.2) is 0 Å². The van der Waals surface area contributed by atoms with E-state index in [-0.39, 0.29) is 7.92 Å². The van der Waals surface area contributed by atoms with Gasteiger partial charge in [0.25, 0.3) is 0 Å². The highest BCUT2D eigenvalue weighted by molar-refractivity contribution is 7.78. The molecule has 0 radical (unpaired) electrons. The van der Waals surface area contributed by atoms with Gasteiger partial charge in [0.1, 0.15) is 0 Å². The first-order valence-electron chi connectivity index (χ1n) is 7.91. The molecular weight excluding hydrogens is 290 g/mol. The van der Waals surface area contributed by atoms with E-state index in [2.05, 4.69) is 83.8 Å². The molecule has 0 aliphatic rings. The molecule has 112 valence electrons. The fraction of sp³-hybridized carbons (Fsp3) is 0.368. The van der Waals surface area contributed by atoms with Crippen molar-refractivity contribution in [1.29, 1.82) is 0 Å². The maximum absolute atomic E-state index is 3.15. The smallest absolute Gasteiger partial charge is 0.00205 e. The maximum atomic E-state index is 3.15. The molecule has 0 aliphatic carbocycles. The van der Waals surface area contributed by atoms with Crippen molar-refractivity contribution < 1.29 is 0 Å². The SMILES string of the molecule is CCC(CC)CC(P)P(c1ccccc1)c1ccccc1. The van der Waals surface area contributed by atoms with Crippen LogP contribution in [-0.2, 0) is 0 Å². The van der Waals surface area contributed by atoms with Gasteiger partial charge in [0.15, 0.2) is 0 Å². The molecule has 0 aliphatic heterocycles. The molecule has 0 spiro atoms. The van der Waals surface area contributed by atoms with E-state index in [9.17, 15) is 0 Å². The standard InChI is InChI=1S/C19H26P2/c1-3-16(4-2)15-19(20)21(17-11-7-5-8-12-17)18-13-9-6-10-14-18/h5-14,16,19H,3-4,15,20H2,1-2H3. The molecule has 0 saturated carbocycles. The van der Waals surface area contributed by atoms with Gasteiger partial charge in [-0.2, -0.15) is 0 Å². The van der Waals surface area contributed by atoms with Gasteiger partial charge in [0, 0.05) is 5.40 Å². The molecule has 0 N–H and O–H groups in total. The Balaban J connectivity index is 2.28. The summed E-state index contributed by atoms with van der Waals surface area (Å²) in [6.07, 6.45) is 3.87. The highest BCUT2D eigenvalue weighted by atomic mass is 31.2. The number of benzene rings is 2. The number of rotatable bonds is 7. The first-order valence-corrected chi connectivity index (χ1v) is 9.98. The molecule has 0 nitrogen and oxygen atoms in total. The van der Waals surface area contributed by atoms with Gasteiger partial charge < -0.3 is 0 Å². The highest BCUT2D eigenvalue weighted by Crippen LogP contribution is 2.46. The van der Waals surface area contributed by atoms with Crippen LogP contribution in [-0.4, -0.2) is 5.40 Å². The Morgan fingerprint density at radius 1 is 0.810 bits per heavy atom. The van der Waals surface area contributed by atoms with Crippen molar-refractivity contribution in [2.24, 2.45) is 5.92 Å². The summed E-state index contributed by atoms with van der Waals surface area (Å²) in [5, 5.41) is 3.63. The average Bonchev–Trinajstić information content (AvgIpc) is 2.55. The summed E-state index contributed by atoms with van der Waals surface area (Å²) in [7, 11) is 2.86. The Morgan fingerprint density at radius 2 is 1.24 bits per heavy atom. The van der Waals surface area contributed by atoms with Gasteiger partial charge in [0.05, 0.1) is 0 Å². The maximum Gasteiger partial charge on any atom is 0.00205 e. The first-order chi connectivity index (χ1) is 10.3. The second-order valence-corrected chi connectivity index (χ2v) is 9.33. The van der Waals surface area contributed by atoms with Crippen LogP contribution in [0.2, 0.25) is 0 Å². The monoisotopic (exact) mass is 316 g/mol. The zero-order valence-corrected chi connectivity index (χ0v) is 15.1. The Kier molecular flexibility index (Phi) is 6.88. The van der Waals surface area contributed by atoms with Gasteiger partial charge in [-0.1, -0.05) is 87.4 Å². The van der Waals surface area contributed by atoms with Crippen LogP contribution in [0.3, 0.4) is 0 Å². The Hall–Kier alpha value is -0.700. The topological polar surface area (TPSA) is 0 Å². The van der Waals surface area contributed by atoms with Gasteiger partial charge >= 0.3 is 0 Å². The van der Waals surface area contributed by atoms with E-state index in [1.165, 1.54) is 29.9 Å². The van der Waals surface area contributed by atoms with Gasteiger partial charge in [-0.15, -0.1) is 9.24 Å². The lowest BCUT2D eigenvalue weighted by Gasteiger charge is -2.28. The Morgan fingerprint density at radius 3 is 1.62 bits per heavy atom. The predicted octanol–water partition coefficient (Wildman–Crippen LogP) is 5.15. The summed E-state index contributed by atoms with van der Waals surface area (Å²) < 4.78 is 0. The molecule has 21 heavy (non-hydrogen) atoms. The van der Waals surface area contributed by atoms with Gasteiger partial charge in [-0.05, 0) is 30.9 Å². The van der Waals surface area contributed by atoms with Gasteiger partial charge in [0.2, 0.25) is 0 Å². The van der Waals surface area contributed by atoms with E-state index < -0.39 is 0 Å². The van der Waals surface area contributed by atoms with Crippen LogP contribution in [0, 0.1) is 5.92 Å². The quantitative estimate of drug-likeness (QED) is 0.620. The minimum atomic E-state index is -0.293. The van der Waals surface area contributed by atoms with Crippen LogP contribution in [0.4, 0.5) is 0 Å². The number of hydrogen-bond donors (Lipinski definition) is 0. The van der Waals surface area contributed by atoms with E-state index in [1.807, 2.05) is 0 Å². The number of hydrogen-bond acceptors (Lipinski definition) is 0. The summed E-state index contributed by atoms with van der Waals surface area (Å²) in [4.78, 5) is 0. The third-order valence-corrected chi connectivity index (χ3v) is 7.88. The first kappa shape index (κ1) is 16.7. The lowest BCUT2D eigenvalue weighted by atomic mass is 10.0. The van der Waals surface area contributed by atoms with Crippen LogP contribution in [0.25, 0.3) is 0 Å². The van der Waals surface area contributed by atoms with Crippen molar-refractivity contribution in [2.75, 3.05) is 0 Å². The van der Waals surface area contributed by atoms with E-state index in [4.69, 9.17) is 0 Å². The van der Waals surface area contributed by atoms with Crippen molar-refractivity contribution in [3.63, 3.8) is 0 Å². The van der Waals surface area contributed by atoms with Crippen molar-refractivity contribution in [1.82, 2.24) is 0 Å². The van der Waals surface area contributed by atoms with E-state index >= 15 is 0 Å². The molecule has 2 unspecified atom stereocenters. The molecule has 0 fully saturated rings. The summed E-state index contributed by atoms with van der Waals surface area (Å²) in [6.45, 7) is 4.64.